The number of amides is 1. The van der Waals surface area contributed by atoms with Crippen molar-refractivity contribution >= 4 is 28.6 Å². The zero-order chi connectivity index (χ0) is 14.5. The maximum Gasteiger partial charge on any atom is 0.261 e. The summed E-state index contributed by atoms with van der Waals surface area (Å²) in [6.45, 7) is 3.98. The lowest BCUT2D eigenvalue weighted by Crippen LogP contribution is -2.43. The summed E-state index contributed by atoms with van der Waals surface area (Å²) < 4.78 is 5.43. The van der Waals surface area contributed by atoms with Gasteiger partial charge in [-0.3, -0.25) is 9.69 Å². The van der Waals surface area contributed by atoms with Gasteiger partial charge in [-0.15, -0.1) is 11.3 Å². The second-order valence-electron chi connectivity index (χ2n) is 4.91. The van der Waals surface area contributed by atoms with Crippen molar-refractivity contribution in [2.45, 2.75) is 6.04 Å². The fourth-order valence-electron chi connectivity index (χ4n) is 2.50. The monoisotopic (exact) mass is 322 g/mol. The number of ether oxygens (including phenoxy) is 1. The summed E-state index contributed by atoms with van der Waals surface area (Å²) in [6.07, 6.45) is 0. The lowest BCUT2D eigenvalue weighted by atomic mass is 10.1. The number of carbonyl (C=O) groups is 1. The van der Waals surface area contributed by atoms with E-state index >= 15 is 0 Å². The molecule has 112 valence electrons. The summed E-state index contributed by atoms with van der Waals surface area (Å²) in [7, 11) is 0. The molecule has 3 rings (SSSR count). The first-order chi connectivity index (χ1) is 10.3. The Labute approximate surface area is 132 Å². The van der Waals surface area contributed by atoms with Crippen LogP contribution < -0.4 is 5.32 Å². The van der Waals surface area contributed by atoms with Crippen molar-refractivity contribution in [3.63, 3.8) is 0 Å². The zero-order valence-electron chi connectivity index (χ0n) is 11.7. The number of rotatable bonds is 5. The molecule has 0 aliphatic carbocycles. The molecule has 1 atom stereocenters. The van der Waals surface area contributed by atoms with E-state index in [1.807, 2.05) is 17.5 Å². The van der Waals surface area contributed by atoms with Gasteiger partial charge < -0.3 is 10.1 Å². The van der Waals surface area contributed by atoms with Crippen molar-refractivity contribution in [3.05, 3.63) is 44.8 Å². The molecule has 0 spiro atoms. The summed E-state index contributed by atoms with van der Waals surface area (Å²) in [5.41, 5.74) is 1.27. The minimum Gasteiger partial charge on any atom is -0.379 e. The van der Waals surface area contributed by atoms with Crippen LogP contribution in [0.2, 0.25) is 0 Å². The van der Waals surface area contributed by atoms with E-state index in [0.717, 1.165) is 31.2 Å². The van der Waals surface area contributed by atoms with E-state index in [-0.39, 0.29) is 11.9 Å². The smallest absolute Gasteiger partial charge is 0.261 e. The second-order valence-corrected chi connectivity index (χ2v) is 6.64. The van der Waals surface area contributed by atoms with Gasteiger partial charge in [-0.1, -0.05) is 6.07 Å². The highest BCUT2D eigenvalue weighted by molar-refractivity contribution is 7.12. The largest absolute Gasteiger partial charge is 0.379 e. The van der Waals surface area contributed by atoms with E-state index in [1.165, 1.54) is 16.9 Å². The molecule has 1 aliphatic rings. The molecule has 2 aromatic rings. The molecular weight excluding hydrogens is 304 g/mol. The van der Waals surface area contributed by atoms with Gasteiger partial charge in [-0.25, -0.2) is 0 Å². The van der Waals surface area contributed by atoms with Gasteiger partial charge in [0, 0.05) is 19.6 Å². The zero-order valence-corrected chi connectivity index (χ0v) is 13.3. The molecule has 3 heterocycles. The van der Waals surface area contributed by atoms with Crippen molar-refractivity contribution < 1.29 is 9.53 Å². The van der Waals surface area contributed by atoms with Crippen LogP contribution in [0.25, 0.3) is 0 Å². The van der Waals surface area contributed by atoms with Crippen LogP contribution in [0.1, 0.15) is 21.3 Å². The molecule has 1 saturated heterocycles. The van der Waals surface area contributed by atoms with Crippen molar-refractivity contribution in [2.24, 2.45) is 0 Å². The van der Waals surface area contributed by atoms with Crippen LogP contribution in [0.5, 0.6) is 0 Å². The molecule has 1 amide bonds. The molecular formula is C15H18N2O2S2. The van der Waals surface area contributed by atoms with Crippen molar-refractivity contribution in [3.8, 4) is 0 Å². The molecule has 6 heteroatoms. The summed E-state index contributed by atoms with van der Waals surface area (Å²) in [5.74, 6) is 0.0125. The molecule has 0 aromatic carbocycles. The van der Waals surface area contributed by atoms with Crippen LogP contribution in [-0.4, -0.2) is 43.7 Å². The predicted octanol–water partition coefficient (Wildman–Crippen LogP) is 2.61. The van der Waals surface area contributed by atoms with E-state index < -0.39 is 0 Å². The molecule has 2 aromatic heterocycles. The number of morpholine rings is 1. The second kappa shape index (κ2) is 7.17. The van der Waals surface area contributed by atoms with Crippen molar-refractivity contribution in [1.82, 2.24) is 10.2 Å². The third-order valence-electron chi connectivity index (χ3n) is 3.62. The molecule has 4 nitrogen and oxygen atoms in total. The van der Waals surface area contributed by atoms with Crippen LogP contribution in [-0.2, 0) is 4.74 Å². The third kappa shape index (κ3) is 3.71. The predicted molar refractivity (Wildman–Crippen MR) is 86.1 cm³/mol. The Morgan fingerprint density at radius 2 is 2.19 bits per heavy atom. The fraction of sp³-hybridized carbons (Fsp3) is 0.400. The average molecular weight is 322 g/mol. The Hall–Kier alpha value is -1.21. The Morgan fingerprint density at radius 3 is 2.86 bits per heavy atom. The maximum absolute atomic E-state index is 12.1. The first-order valence-electron chi connectivity index (χ1n) is 7.00. The van der Waals surface area contributed by atoms with Crippen LogP contribution in [0.4, 0.5) is 0 Å². The van der Waals surface area contributed by atoms with E-state index in [4.69, 9.17) is 4.74 Å². The number of nitrogens with zero attached hydrogens (tertiary/aromatic N) is 1. The van der Waals surface area contributed by atoms with Gasteiger partial charge in [-0.2, -0.15) is 11.3 Å². The minimum atomic E-state index is 0.0125. The van der Waals surface area contributed by atoms with Gasteiger partial charge in [0.05, 0.1) is 24.1 Å². The normalized spacial score (nSPS) is 17.5. The molecule has 0 saturated carbocycles. The minimum absolute atomic E-state index is 0.0125. The molecule has 0 unspecified atom stereocenters. The van der Waals surface area contributed by atoms with Crippen molar-refractivity contribution in [2.75, 3.05) is 32.8 Å². The lowest BCUT2D eigenvalue weighted by molar-refractivity contribution is 0.0163. The molecule has 1 N–H and O–H groups in total. The number of thiophene rings is 2. The van der Waals surface area contributed by atoms with Crippen LogP contribution in [0, 0.1) is 0 Å². The van der Waals surface area contributed by atoms with Gasteiger partial charge >= 0.3 is 0 Å². The van der Waals surface area contributed by atoms with Crippen LogP contribution in [0.3, 0.4) is 0 Å². The van der Waals surface area contributed by atoms with Gasteiger partial charge in [0.15, 0.2) is 0 Å². The molecule has 0 bridgehead atoms. The third-order valence-corrected chi connectivity index (χ3v) is 5.19. The highest BCUT2D eigenvalue weighted by Gasteiger charge is 2.23. The Morgan fingerprint density at radius 1 is 1.33 bits per heavy atom. The highest BCUT2D eigenvalue weighted by Crippen LogP contribution is 2.23. The summed E-state index contributed by atoms with van der Waals surface area (Å²) in [6, 6.07) is 6.12. The highest BCUT2D eigenvalue weighted by atomic mass is 32.1. The summed E-state index contributed by atoms with van der Waals surface area (Å²) in [5, 5.41) is 9.24. The van der Waals surface area contributed by atoms with Gasteiger partial charge in [0.1, 0.15) is 0 Å². The standard InChI is InChI=1S/C15H18N2O2S2/c18-15(14-2-1-8-21-14)16-10-13(12-3-9-20-11-12)17-4-6-19-7-5-17/h1-3,8-9,11,13H,4-7,10H2,(H,16,18)/t13-/m1/s1. The van der Waals surface area contributed by atoms with E-state index in [9.17, 15) is 4.79 Å². The number of hydrogen-bond acceptors (Lipinski definition) is 5. The van der Waals surface area contributed by atoms with Gasteiger partial charge in [0.25, 0.3) is 5.91 Å². The van der Waals surface area contributed by atoms with Crippen molar-refractivity contribution in [1.29, 1.82) is 0 Å². The van der Waals surface area contributed by atoms with Crippen LogP contribution >= 0.6 is 22.7 Å². The van der Waals surface area contributed by atoms with E-state index in [0.29, 0.717) is 6.54 Å². The molecule has 1 aliphatic heterocycles. The lowest BCUT2D eigenvalue weighted by Gasteiger charge is -2.34. The number of nitrogens with one attached hydrogen (secondary N) is 1. The van der Waals surface area contributed by atoms with E-state index in [1.54, 1.807) is 11.3 Å². The average Bonchev–Trinajstić information content (AvgIpc) is 3.22. The topological polar surface area (TPSA) is 41.6 Å². The Kier molecular flexibility index (Phi) is 5.03. The Bertz CT molecular complexity index is 548. The van der Waals surface area contributed by atoms with Gasteiger partial charge in [-0.05, 0) is 33.8 Å². The first kappa shape index (κ1) is 14.7. The fourth-order valence-corrected chi connectivity index (χ4v) is 3.84. The van der Waals surface area contributed by atoms with E-state index in [2.05, 4.69) is 27.0 Å². The van der Waals surface area contributed by atoms with Gasteiger partial charge in [0.2, 0.25) is 0 Å². The number of carbonyl (C=O) groups excluding carboxylic acids is 1. The quantitative estimate of drug-likeness (QED) is 0.920. The molecule has 0 radical (unpaired) electrons. The first-order valence-corrected chi connectivity index (χ1v) is 8.82. The molecule has 21 heavy (non-hydrogen) atoms. The number of hydrogen-bond donors (Lipinski definition) is 1. The summed E-state index contributed by atoms with van der Waals surface area (Å²) >= 11 is 3.17. The molecule has 1 fully saturated rings. The SMILES string of the molecule is O=C(NC[C@H](c1ccsc1)N1CCOCC1)c1cccs1. The summed E-state index contributed by atoms with van der Waals surface area (Å²) in [4.78, 5) is 15.3. The maximum atomic E-state index is 12.1. The Balaban J connectivity index is 1.66. The van der Waals surface area contributed by atoms with Crippen LogP contribution in [0.15, 0.2) is 34.3 Å².